The third kappa shape index (κ3) is 2.68. The number of aromatic amines is 1. The maximum Gasteiger partial charge on any atom is 0.257 e. The van der Waals surface area contributed by atoms with Gasteiger partial charge in [-0.2, -0.15) is 5.10 Å². The van der Waals surface area contributed by atoms with Gasteiger partial charge in [-0.15, -0.1) is 0 Å². The molecule has 0 saturated heterocycles. The highest BCUT2D eigenvalue weighted by atomic mass is 16.2. The minimum Gasteiger partial charge on any atom is -0.335 e. The molecule has 1 heterocycles. The highest BCUT2D eigenvalue weighted by molar-refractivity contribution is 5.95. The third-order valence-corrected chi connectivity index (χ3v) is 2.19. The van der Waals surface area contributed by atoms with Crippen molar-refractivity contribution in [3.63, 3.8) is 0 Å². The molecule has 0 unspecified atom stereocenters. The molecule has 15 heavy (non-hydrogen) atoms. The van der Waals surface area contributed by atoms with Gasteiger partial charge in [0.15, 0.2) is 0 Å². The largest absolute Gasteiger partial charge is 0.335 e. The van der Waals surface area contributed by atoms with Crippen molar-refractivity contribution < 1.29 is 4.79 Å². The monoisotopic (exact) mass is 207 g/mol. The van der Waals surface area contributed by atoms with Crippen LogP contribution in [0.25, 0.3) is 0 Å². The van der Waals surface area contributed by atoms with Gasteiger partial charge in [0.1, 0.15) is 0 Å². The molecule has 0 aromatic carbocycles. The summed E-state index contributed by atoms with van der Waals surface area (Å²) < 4.78 is 0. The molecule has 1 amide bonds. The van der Waals surface area contributed by atoms with Gasteiger partial charge in [-0.05, 0) is 20.8 Å². The quantitative estimate of drug-likeness (QED) is 0.765. The number of aromatic nitrogens is 2. The van der Waals surface area contributed by atoms with Crippen LogP contribution in [0.15, 0.2) is 18.3 Å². The first-order valence-corrected chi connectivity index (χ1v) is 4.99. The topological polar surface area (TPSA) is 49.0 Å². The molecule has 1 N–H and O–H groups in total. The van der Waals surface area contributed by atoms with E-state index in [2.05, 4.69) is 16.8 Å². The number of rotatable bonds is 4. The van der Waals surface area contributed by atoms with Gasteiger partial charge in [0.05, 0.1) is 11.8 Å². The van der Waals surface area contributed by atoms with Crippen LogP contribution in [0.5, 0.6) is 0 Å². The normalized spacial score (nSPS) is 10.1. The van der Waals surface area contributed by atoms with Gasteiger partial charge < -0.3 is 4.90 Å². The zero-order valence-electron chi connectivity index (χ0n) is 9.50. The van der Waals surface area contributed by atoms with Crippen molar-refractivity contribution in [2.75, 3.05) is 13.1 Å². The Morgan fingerprint density at radius 2 is 2.33 bits per heavy atom. The van der Waals surface area contributed by atoms with Gasteiger partial charge in [0.2, 0.25) is 0 Å². The molecule has 0 aliphatic carbocycles. The zero-order chi connectivity index (χ0) is 11.4. The summed E-state index contributed by atoms with van der Waals surface area (Å²) in [6.07, 6.45) is 1.57. The van der Waals surface area contributed by atoms with Crippen LogP contribution in [-0.2, 0) is 0 Å². The van der Waals surface area contributed by atoms with Gasteiger partial charge in [0, 0.05) is 18.8 Å². The second-order valence-corrected chi connectivity index (χ2v) is 3.69. The van der Waals surface area contributed by atoms with E-state index >= 15 is 0 Å². The Kier molecular flexibility index (Phi) is 3.66. The standard InChI is InChI=1S/C11H17N3O/c1-5-14(7-8(2)3)11(15)10-6-12-13-9(10)4/h6H,2,5,7H2,1,3-4H3,(H,12,13). The average molecular weight is 207 g/mol. The van der Waals surface area contributed by atoms with E-state index in [-0.39, 0.29) is 5.91 Å². The molecule has 0 bridgehead atoms. The highest BCUT2D eigenvalue weighted by Gasteiger charge is 2.17. The maximum absolute atomic E-state index is 12.0. The van der Waals surface area contributed by atoms with E-state index in [1.54, 1.807) is 11.1 Å². The molecular weight excluding hydrogens is 190 g/mol. The van der Waals surface area contributed by atoms with Gasteiger partial charge in [-0.1, -0.05) is 12.2 Å². The summed E-state index contributed by atoms with van der Waals surface area (Å²) in [6, 6.07) is 0. The van der Waals surface area contributed by atoms with Crippen molar-refractivity contribution in [1.29, 1.82) is 0 Å². The van der Waals surface area contributed by atoms with Crippen molar-refractivity contribution in [2.45, 2.75) is 20.8 Å². The second-order valence-electron chi connectivity index (χ2n) is 3.69. The third-order valence-electron chi connectivity index (χ3n) is 2.19. The van der Waals surface area contributed by atoms with E-state index < -0.39 is 0 Å². The first-order chi connectivity index (χ1) is 7.06. The lowest BCUT2D eigenvalue weighted by atomic mass is 10.2. The first kappa shape index (κ1) is 11.5. The molecule has 0 aliphatic rings. The number of carbonyl (C=O) groups is 1. The van der Waals surface area contributed by atoms with Crippen LogP contribution in [0, 0.1) is 6.92 Å². The number of hydrogen-bond acceptors (Lipinski definition) is 2. The Hall–Kier alpha value is -1.58. The lowest BCUT2D eigenvalue weighted by molar-refractivity contribution is 0.0777. The predicted octanol–water partition coefficient (Wildman–Crippen LogP) is 1.76. The number of nitrogens with zero attached hydrogens (tertiary/aromatic N) is 2. The summed E-state index contributed by atoms with van der Waals surface area (Å²) >= 11 is 0. The van der Waals surface area contributed by atoms with E-state index in [1.165, 1.54) is 0 Å². The minimum absolute atomic E-state index is 0.00625. The maximum atomic E-state index is 12.0. The zero-order valence-corrected chi connectivity index (χ0v) is 9.50. The Morgan fingerprint density at radius 3 is 2.73 bits per heavy atom. The van der Waals surface area contributed by atoms with E-state index in [0.29, 0.717) is 18.7 Å². The smallest absolute Gasteiger partial charge is 0.257 e. The van der Waals surface area contributed by atoms with Crippen molar-refractivity contribution in [3.8, 4) is 0 Å². The van der Waals surface area contributed by atoms with Crippen molar-refractivity contribution >= 4 is 5.91 Å². The number of hydrogen-bond donors (Lipinski definition) is 1. The Morgan fingerprint density at radius 1 is 1.67 bits per heavy atom. The number of likely N-dealkylation sites (N-methyl/N-ethyl adjacent to an activating group) is 1. The predicted molar refractivity (Wildman–Crippen MR) is 59.7 cm³/mol. The lowest BCUT2D eigenvalue weighted by Gasteiger charge is -2.20. The van der Waals surface area contributed by atoms with Crippen LogP contribution in [0.4, 0.5) is 0 Å². The minimum atomic E-state index is 0.00625. The second kappa shape index (κ2) is 4.77. The molecule has 0 saturated carbocycles. The molecule has 0 spiro atoms. The molecule has 82 valence electrons. The van der Waals surface area contributed by atoms with E-state index in [0.717, 1.165) is 11.3 Å². The molecular formula is C11H17N3O. The van der Waals surface area contributed by atoms with E-state index in [9.17, 15) is 4.79 Å². The summed E-state index contributed by atoms with van der Waals surface area (Å²) in [5, 5.41) is 6.61. The Balaban J connectivity index is 2.82. The van der Waals surface area contributed by atoms with Crippen LogP contribution < -0.4 is 0 Å². The average Bonchev–Trinajstić information content (AvgIpc) is 2.59. The Labute approximate surface area is 90.0 Å². The summed E-state index contributed by atoms with van der Waals surface area (Å²) in [6.45, 7) is 10.8. The fraction of sp³-hybridized carbons (Fsp3) is 0.455. The van der Waals surface area contributed by atoms with Crippen LogP contribution in [-0.4, -0.2) is 34.1 Å². The van der Waals surface area contributed by atoms with Crippen molar-refractivity contribution in [2.24, 2.45) is 0 Å². The summed E-state index contributed by atoms with van der Waals surface area (Å²) in [4.78, 5) is 13.8. The van der Waals surface area contributed by atoms with Gasteiger partial charge in [-0.3, -0.25) is 9.89 Å². The van der Waals surface area contributed by atoms with Crippen LogP contribution in [0.2, 0.25) is 0 Å². The molecule has 0 radical (unpaired) electrons. The van der Waals surface area contributed by atoms with Gasteiger partial charge in [-0.25, -0.2) is 0 Å². The highest BCUT2D eigenvalue weighted by Crippen LogP contribution is 2.08. The fourth-order valence-corrected chi connectivity index (χ4v) is 1.39. The molecule has 4 heteroatoms. The molecule has 1 rings (SSSR count). The number of amides is 1. The summed E-state index contributed by atoms with van der Waals surface area (Å²) in [7, 11) is 0. The molecule has 4 nitrogen and oxygen atoms in total. The van der Waals surface area contributed by atoms with E-state index in [1.807, 2.05) is 20.8 Å². The van der Waals surface area contributed by atoms with Crippen molar-refractivity contribution in [3.05, 3.63) is 29.6 Å². The molecule has 0 aliphatic heterocycles. The molecule has 0 fully saturated rings. The molecule has 1 aromatic heterocycles. The van der Waals surface area contributed by atoms with Crippen LogP contribution in [0.3, 0.4) is 0 Å². The van der Waals surface area contributed by atoms with Gasteiger partial charge >= 0.3 is 0 Å². The van der Waals surface area contributed by atoms with E-state index in [4.69, 9.17) is 0 Å². The number of nitrogens with one attached hydrogen (secondary N) is 1. The van der Waals surface area contributed by atoms with Crippen LogP contribution >= 0.6 is 0 Å². The number of H-pyrrole nitrogens is 1. The molecule has 0 atom stereocenters. The first-order valence-electron chi connectivity index (χ1n) is 4.99. The summed E-state index contributed by atoms with van der Waals surface area (Å²) in [5.41, 5.74) is 2.42. The van der Waals surface area contributed by atoms with Crippen LogP contribution in [0.1, 0.15) is 29.9 Å². The number of aryl methyl sites for hydroxylation is 1. The summed E-state index contributed by atoms with van der Waals surface area (Å²) in [5.74, 6) is 0.00625. The van der Waals surface area contributed by atoms with Crippen molar-refractivity contribution in [1.82, 2.24) is 15.1 Å². The fourth-order valence-electron chi connectivity index (χ4n) is 1.39. The van der Waals surface area contributed by atoms with Gasteiger partial charge in [0.25, 0.3) is 5.91 Å². The number of carbonyl (C=O) groups excluding carboxylic acids is 1. The SMILES string of the molecule is C=C(C)CN(CC)C(=O)c1cn[nH]c1C. The lowest BCUT2D eigenvalue weighted by Crippen LogP contribution is -2.32. The Bertz CT molecular complexity index is 368. The molecule has 1 aromatic rings.